The van der Waals surface area contributed by atoms with Gasteiger partial charge in [0.1, 0.15) is 11.2 Å². The van der Waals surface area contributed by atoms with Crippen molar-refractivity contribution < 1.29 is 19.5 Å². The summed E-state index contributed by atoms with van der Waals surface area (Å²) in [5, 5.41) is 1.76. The second kappa shape index (κ2) is 11.6. The molecule has 0 radical (unpaired) electrons. The van der Waals surface area contributed by atoms with Crippen molar-refractivity contribution in [1.29, 1.82) is 0 Å². The molecule has 0 aliphatic rings. The first-order chi connectivity index (χ1) is 29.3. The van der Waals surface area contributed by atoms with E-state index < -0.39 is 60.4 Å². The maximum Gasteiger partial charge on any atom is 0.164 e. The zero-order valence-electron chi connectivity index (χ0n) is 36.9. The van der Waals surface area contributed by atoms with Crippen LogP contribution in [0.25, 0.3) is 98.5 Å². The normalized spacial score (nSPS) is 14.7. The van der Waals surface area contributed by atoms with Gasteiger partial charge < -0.3 is 4.42 Å². The van der Waals surface area contributed by atoms with Crippen LogP contribution < -0.4 is 0 Å². The molecule has 10 rings (SSSR count). The highest BCUT2D eigenvalue weighted by molar-refractivity contribution is 7.25. The van der Waals surface area contributed by atoms with Crippen LogP contribution in [0.3, 0.4) is 0 Å². The average Bonchev–Trinajstić information content (AvgIpc) is 3.87. The van der Waals surface area contributed by atoms with Crippen LogP contribution in [-0.4, -0.2) is 15.0 Å². The lowest BCUT2D eigenvalue weighted by Crippen LogP contribution is -2.00. The Morgan fingerprint density at radius 1 is 0.440 bits per heavy atom. The minimum Gasteiger partial charge on any atom is -0.456 e. The number of para-hydroxylation sites is 1. The fraction of sp³-hybridized carbons (Fsp3) is 0. The lowest BCUT2D eigenvalue weighted by atomic mass is 9.98. The van der Waals surface area contributed by atoms with E-state index in [0.29, 0.717) is 22.3 Å². The number of hydrogen-bond donors (Lipinski definition) is 0. The summed E-state index contributed by atoms with van der Waals surface area (Å²) in [5.41, 5.74) is 3.51. The van der Waals surface area contributed by atoms with Crippen LogP contribution in [0.1, 0.15) is 15.1 Å². The molecule has 5 heteroatoms. The highest BCUT2D eigenvalue weighted by Gasteiger charge is 2.16. The quantitative estimate of drug-likeness (QED) is 0.183. The van der Waals surface area contributed by atoms with E-state index in [1.165, 1.54) is 0 Å². The van der Waals surface area contributed by atoms with E-state index in [4.69, 9.17) is 29.0 Å². The van der Waals surface area contributed by atoms with Crippen molar-refractivity contribution in [2.45, 2.75) is 0 Å². The number of thiophene rings is 1. The van der Waals surface area contributed by atoms with Gasteiger partial charge in [0.05, 0.1) is 15.1 Å². The zero-order valence-corrected chi connectivity index (χ0v) is 26.7. The molecule has 4 nitrogen and oxygen atoms in total. The lowest BCUT2D eigenvalue weighted by Gasteiger charge is -2.10. The fourth-order valence-electron chi connectivity index (χ4n) is 6.15. The molecule has 3 heterocycles. The summed E-state index contributed by atoms with van der Waals surface area (Å²) in [6, 6.07) is 24.8. The SMILES string of the molecule is [2H]c1c([2H])c(-c2c([2H])c([2H])c([2H])c3sc4c([2H])c([2H])c([2H])c([2H])c4c23)c([2H])c([2H])c1-c1nc(-c2ccc(-c3ccccc3)cc2)nc(-c2ccc3c(c2)oc2ccccc23)n1. The molecular formula is C45H27N3OS. The molecule has 7 aromatic carbocycles. The van der Waals surface area contributed by atoms with Gasteiger partial charge in [0.2, 0.25) is 0 Å². The van der Waals surface area contributed by atoms with Crippen molar-refractivity contribution in [2.75, 3.05) is 0 Å². The van der Waals surface area contributed by atoms with Gasteiger partial charge in [-0.1, -0.05) is 133 Å². The van der Waals surface area contributed by atoms with Gasteiger partial charge >= 0.3 is 0 Å². The summed E-state index contributed by atoms with van der Waals surface area (Å²) in [6.07, 6.45) is 0. The summed E-state index contributed by atoms with van der Waals surface area (Å²) >= 11 is 0.852. The fourth-order valence-corrected chi connectivity index (χ4v) is 7.12. The third-order valence-corrected chi connectivity index (χ3v) is 9.59. The molecule has 0 fully saturated rings. The monoisotopic (exact) mass is 668 g/mol. The number of rotatable bonds is 5. The van der Waals surface area contributed by atoms with Gasteiger partial charge in [-0.15, -0.1) is 11.3 Å². The van der Waals surface area contributed by atoms with Crippen molar-refractivity contribution in [3.05, 3.63) is 164 Å². The van der Waals surface area contributed by atoms with Gasteiger partial charge in [-0.05, 0) is 52.5 Å². The number of aromatic nitrogens is 3. The molecule has 0 N–H and O–H groups in total. The first-order valence-corrected chi connectivity index (χ1v) is 16.5. The topological polar surface area (TPSA) is 51.8 Å². The Bertz CT molecular complexity index is 3470. The van der Waals surface area contributed by atoms with E-state index in [0.717, 1.165) is 33.2 Å². The zero-order chi connectivity index (χ0) is 42.6. The van der Waals surface area contributed by atoms with Crippen LogP contribution in [0, 0.1) is 0 Å². The second-order valence-electron chi connectivity index (χ2n) is 11.6. The number of furan rings is 1. The summed E-state index contributed by atoms with van der Waals surface area (Å²) in [5.74, 6) is 0.216. The van der Waals surface area contributed by atoms with E-state index in [-0.39, 0.29) is 60.4 Å². The van der Waals surface area contributed by atoms with Crippen molar-refractivity contribution in [2.24, 2.45) is 0 Å². The number of hydrogen-bond acceptors (Lipinski definition) is 5. The predicted molar refractivity (Wildman–Crippen MR) is 207 cm³/mol. The molecule has 10 aromatic rings. The van der Waals surface area contributed by atoms with Gasteiger partial charge in [-0.25, -0.2) is 15.0 Å². The average molecular weight is 669 g/mol. The molecule has 0 aliphatic heterocycles. The number of benzene rings is 7. The van der Waals surface area contributed by atoms with Gasteiger partial charge in [-0.2, -0.15) is 0 Å². The molecule has 0 atom stereocenters. The molecule has 0 bridgehead atoms. The standard InChI is InChI=1S/C45H27N3OS/c1-2-9-28(10-3-1)29-17-21-31(22-18-29)43-46-44(48-45(47-43)33-25-26-36-35-11-4-6-14-38(35)49-39(36)27-33)32-23-19-30(20-24-32)34-13-8-16-41-42(34)37-12-5-7-15-40(37)50-41/h1-27H/i5D,7D,8D,12D,13D,15D,16D,19D,20D,23D,24D. The molecule has 0 saturated heterocycles. The molecule has 234 valence electrons. The van der Waals surface area contributed by atoms with E-state index >= 15 is 0 Å². The van der Waals surface area contributed by atoms with Crippen LogP contribution in [-0.2, 0) is 0 Å². The Balaban J connectivity index is 1.21. The van der Waals surface area contributed by atoms with Crippen molar-refractivity contribution in [3.8, 4) is 56.4 Å². The van der Waals surface area contributed by atoms with E-state index in [1.807, 2.05) is 91.0 Å². The third kappa shape index (κ3) is 4.87. The summed E-state index contributed by atoms with van der Waals surface area (Å²) in [7, 11) is 0. The van der Waals surface area contributed by atoms with E-state index in [2.05, 4.69) is 0 Å². The maximum atomic E-state index is 9.37. The third-order valence-electron chi connectivity index (χ3n) is 8.57. The Morgan fingerprint density at radius 2 is 1.06 bits per heavy atom. The second-order valence-corrected chi connectivity index (χ2v) is 12.6. The smallest absolute Gasteiger partial charge is 0.164 e. The Morgan fingerprint density at radius 3 is 1.90 bits per heavy atom. The van der Waals surface area contributed by atoms with Gasteiger partial charge in [0.25, 0.3) is 0 Å². The van der Waals surface area contributed by atoms with Crippen LogP contribution in [0.5, 0.6) is 0 Å². The first kappa shape index (κ1) is 19.5. The lowest BCUT2D eigenvalue weighted by molar-refractivity contribution is 0.669. The minimum atomic E-state index is -0.595. The highest BCUT2D eigenvalue weighted by atomic mass is 32.1. The van der Waals surface area contributed by atoms with Gasteiger partial charge in [0, 0.05) is 47.6 Å². The van der Waals surface area contributed by atoms with Crippen molar-refractivity contribution in [1.82, 2.24) is 15.0 Å². The van der Waals surface area contributed by atoms with Crippen LogP contribution in [0.15, 0.2) is 168 Å². The molecule has 50 heavy (non-hydrogen) atoms. The molecule has 0 saturated carbocycles. The van der Waals surface area contributed by atoms with E-state index in [9.17, 15) is 5.48 Å². The Kier molecular flexibility index (Phi) is 4.54. The highest BCUT2D eigenvalue weighted by Crippen LogP contribution is 2.40. The van der Waals surface area contributed by atoms with Crippen LogP contribution in [0.4, 0.5) is 0 Å². The Labute approximate surface area is 307 Å². The van der Waals surface area contributed by atoms with E-state index in [1.54, 1.807) is 6.07 Å². The van der Waals surface area contributed by atoms with Gasteiger partial charge in [-0.3, -0.25) is 0 Å². The molecule has 0 aliphatic carbocycles. The Hall–Kier alpha value is -6.43. The van der Waals surface area contributed by atoms with Crippen molar-refractivity contribution in [3.63, 3.8) is 0 Å². The van der Waals surface area contributed by atoms with Gasteiger partial charge in [0.15, 0.2) is 17.5 Å². The van der Waals surface area contributed by atoms with Crippen LogP contribution >= 0.6 is 11.3 Å². The molecule has 3 aromatic heterocycles. The first-order valence-electron chi connectivity index (χ1n) is 21.2. The summed E-state index contributed by atoms with van der Waals surface area (Å²) in [6.45, 7) is 0. The predicted octanol–water partition coefficient (Wildman–Crippen LogP) is 12.5. The van der Waals surface area contributed by atoms with Crippen molar-refractivity contribution >= 4 is 53.4 Å². The number of nitrogens with zero attached hydrogens (tertiary/aromatic N) is 3. The molecule has 0 amide bonds. The van der Waals surface area contributed by atoms with Crippen LogP contribution in [0.2, 0.25) is 0 Å². The molecular weight excluding hydrogens is 631 g/mol. The maximum absolute atomic E-state index is 9.37. The summed E-state index contributed by atoms with van der Waals surface area (Å²) < 4.78 is 104. The molecule has 0 spiro atoms. The number of fused-ring (bicyclic) bond motifs is 6. The molecule has 0 unspecified atom stereocenters. The minimum absolute atomic E-state index is 0.0174. The largest absolute Gasteiger partial charge is 0.456 e. The summed E-state index contributed by atoms with van der Waals surface area (Å²) in [4.78, 5) is 14.3.